The van der Waals surface area contributed by atoms with Crippen LogP contribution in [0.4, 0.5) is 10.7 Å². The summed E-state index contributed by atoms with van der Waals surface area (Å²) in [4.78, 5) is 11.8. The smallest absolute Gasteiger partial charge is 0.256 e. The fraction of sp³-hybridized carbons (Fsp3) is 0.100. The van der Waals surface area contributed by atoms with Gasteiger partial charge in [0.25, 0.3) is 5.91 Å². The molecule has 2 aromatic rings. The molecule has 0 saturated carbocycles. The number of carbonyl (C=O) groups excluding carboxylic acids is 1. The van der Waals surface area contributed by atoms with E-state index >= 15 is 0 Å². The third-order valence-corrected chi connectivity index (χ3v) is 2.71. The van der Waals surface area contributed by atoms with Gasteiger partial charge in [-0.1, -0.05) is 4.49 Å². The van der Waals surface area contributed by atoms with Crippen LogP contribution in [0.2, 0.25) is 0 Å². The van der Waals surface area contributed by atoms with Gasteiger partial charge in [-0.25, -0.2) is 0 Å². The largest absolute Gasteiger partial charge is 0.399 e. The maximum Gasteiger partial charge on any atom is 0.256 e. The third-order valence-electron chi connectivity index (χ3n) is 2.13. The van der Waals surface area contributed by atoms with Crippen LogP contribution >= 0.6 is 11.5 Å². The molecule has 1 aromatic carbocycles. The number of aromatic nitrogens is 2. The second-order valence-corrected chi connectivity index (χ2v) is 4.09. The van der Waals surface area contributed by atoms with Crippen LogP contribution in [0.15, 0.2) is 24.4 Å². The highest BCUT2D eigenvalue weighted by molar-refractivity contribution is 7.10. The van der Waals surface area contributed by atoms with Gasteiger partial charge < -0.3 is 11.1 Å². The van der Waals surface area contributed by atoms with Crippen molar-refractivity contribution in [3.05, 3.63) is 35.5 Å². The number of hydrogen-bond donors (Lipinski definition) is 2. The van der Waals surface area contributed by atoms with Crippen molar-refractivity contribution >= 4 is 28.1 Å². The Kier molecular flexibility index (Phi) is 2.82. The first-order valence-corrected chi connectivity index (χ1v) is 5.39. The van der Waals surface area contributed by atoms with E-state index in [0.717, 1.165) is 17.1 Å². The molecule has 0 radical (unpaired) electrons. The van der Waals surface area contributed by atoms with Crippen LogP contribution in [0.5, 0.6) is 0 Å². The molecule has 0 bridgehead atoms. The molecular formula is C10H10N4OS. The average Bonchev–Trinajstić information content (AvgIpc) is 2.74. The highest BCUT2D eigenvalue weighted by Crippen LogP contribution is 2.15. The summed E-state index contributed by atoms with van der Waals surface area (Å²) in [5.74, 6) is -0.186. The molecule has 2 rings (SSSR count). The van der Waals surface area contributed by atoms with Crippen molar-refractivity contribution in [2.24, 2.45) is 0 Å². The van der Waals surface area contributed by atoms with Crippen LogP contribution in [0, 0.1) is 6.92 Å². The van der Waals surface area contributed by atoms with Crippen molar-refractivity contribution < 1.29 is 4.79 Å². The lowest BCUT2D eigenvalue weighted by atomic mass is 10.1. The molecule has 82 valence electrons. The number of benzene rings is 1. The van der Waals surface area contributed by atoms with Crippen molar-refractivity contribution in [2.75, 3.05) is 11.1 Å². The normalized spacial score (nSPS) is 10.1. The number of nitrogens with one attached hydrogen (secondary N) is 1. The van der Waals surface area contributed by atoms with Crippen LogP contribution in [0.25, 0.3) is 0 Å². The molecule has 0 aliphatic heterocycles. The first kappa shape index (κ1) is 10.6. The van der Waals surface area contributed by atoms with Gasteiger partial charge in [0, 0.05) is 22.8 Å². The van der Waals surface area contributed by atoms with Crippen molar-refractivity contribution in [2.45, 2.75) is 6.92 Å². The topological polar surface area (TPSA) is 80.9 Å². The van der Waals surface area contributed by atoms with E-state index < -0.39 is 0 Å². The minimum Gasteiger partial charge on any atom is -0.399 e. The Hall–Kier alpha value is -1.95. The molecule has 1 heterocycles. The molecule has 1 aromatic heterocycles. The van der Waals surface area contributed by atoms with E-state index in [-0.39, 0.29) is 5.91 Å². The van der Waals surface area contributed by atoms with Crippen molar-refractivity contribution in [3.63, 3.8) is 0 Å². The number of aryl methyl sites for hydroxylation is 1. The Morgan fingerprint density at radius 2 is 2.31 bits per heavy atom. The molecule has 0 spiro atoms. The van der Waals surface area contributed by atoms with E-state index in [2.05, 4.69) is 14.9 Å². The summed E-state index contributed by atoms with van der Waals surface area (Å²) in [5.41, 5.74) is 7.81. The Bertz CT molecular complexity index is 510. The second kappa shape index (κ2) is 4.28. The summed E-state index contributed by atoms with van der Waals surface area (Å²) in [7, 11) is 0. The van der Waals surface area contributed by atoms with Gasteiger partial charge in [0.2, 0.25) is 0 Å². The summed E-state index contributed by atoms with van der Waals surface area (Å²) in [5, 5.41) is 6.96. The van der Waals surface area contributed by atoms with Crippen LogP contribution in [0.3, 0.4) is 0 Å². The zero-order valence-electron chi connectivity index (χ0n) is 8.60. The fourth-order valence-corrected chi connectivity index (χ4v) is 1.64. The van der Waals surface area contributed by atoms with E-state index in [0.29, 0.717) is 16.3 Å². The van der Waals surface area contributed by atoms with Gasteiger partial charge in [-0.05, 0) is 30.7 Å². The van der Waals surface area contributed by atoms with E-state index in [4.69, 9.17) is 5.73 Å². The molecule has 0 aliphatic rings. The lowest BCUT2D eigenvalue weighted by Gasteiger charge is -2.04. The zero-order valence-corrected chi connectivity index (χ0v) is 9.41. The van der Waals surface area contributed by atoms with Crippen LogP contribution < -0.4 is 11.1 Å². The lowest BCUT2D eigenvalue weighted by molar-refractivity contribution is 0.102. The first-order valence-electron chi connectivity index (χ1n) is 4.61. The van der Waals surface area contributed by atoms with Gasteiger partial charge in [-0.3, -0.25) is 4.79 Å². The molecular weight excluding hydrogens is 224 g/mol. The third kappa shape index (κ3) is 2.17. The summed E-state index contributed by atoms with van der Waals surface area (Å²) in [6.07, 6.45) is 1.51. The standard InChI is InChI=1S/C10H10N4OS/c1-6-4-7(2-3-8(6)11)10(15)13-9-5-12-14-16-9/h2-5H,11H2,1H3,(H,13,15). The summed E-state index contributed by atoms with van der Waals surface area (Å²) in [6.45, 7) is 1.86. The first-order chi connectivity index (χ1) is 7.66. The molecule has 16 heavy (non-hydrogen) atoms. The van der Waals surface area contributed by atoms with E-state index in [9.17, 15) is 4.79 Å². The van der Waals surface area contributed by atoms with Gasteiger partial charge in [-0.2, -0.15) is 0 Å². The molecule has 1 amide bonds. The summed E-state index contributed by atoms with van der Waals surface area (Å²) in [6, 6.07) is 5.15. The number of hydrogen-bond acceptors (Lipinski definition) is 5. The van der Waals surface area contributed by atoms with Gasteiger partial charge in [0.05, 0.1) is 6.20 Å². The van der Waals surface area contributed by atoms with Gasteiger partial charge >= 0.3 is 0 Å². The maximum atomic E-state index is 11.8. The molecule has 0 unspecified atom stereocenters. The van der Waals surface area contributed by atoms with Gasteiger partial charge in [-0.15, -0.1) is 5.10 Å². The van der Waals surface area contributed by atoms with E-state index in [1.807, 2.05) is 6.92 Å². The van der Waals surface area contributed by atoms with E-state index in [1.54, 1.807) is 18.2 Å². The Balaban J connectivity index is 2.18. The predicted octanol–water partition coefficient (Wildman–Crippen LogP) is 1.68. The van der Waals surface area contributed by atoms with Crippen LogP contribution in [-0.2, 0) is 0 Å². The summed E-state index contributed by atoms with van der Waals surface area (Å²) < 4.78 is 3.66. The number of nitrogens with zero attached hydrogens (tertiary/aromatic N) is 2. The van der Waals surface area contributed by atoms with Crippen LogP contribution in [0.1, 0.15) is 15.9 Å². The number of carbonyl (C=O) groups is 1. The lowest BCUT2D eigenvalue weighted by Crippen LogP contribution is -2.11. The minimum atomic E-state index is -0.186. The zero-order chi connectivity index (χ0) is 11.5. The predicted molar refractivity (Wildman–Crippen MR) is 63.5 cm³/mol. The number of amides is 1. The number of rotatable bonds is 2. The molecule has 0 aliphatic carbocycles. The molecule has 6 heteroatoms. The molecule has 5 nitrogen and oxygen atoms in total. The minimum absolute atomic E-state index is 0.186. The SMILES string of the molecule is Cc1cc(C(=O)Nc2cnns2)ccc1N. The monoisotopic (exact) mass is 234 g/mol. The number of anilines is 2. The molecule has 3 N–H and O–H groups in total. The van der Waals surface area contributed by atoms with Crippen molar-refractivity contribution in [1.29, 1.82) is 0 Å². The van der Waals surface area contributed by atoms with Gasteiger partial charge in [0.1, 0.15) is 5.00 Å². The number of nitrogen functional groups attached to an aromatic ring is 1. The Morgan fingerprint density at radius 3 is 2.94 bits per heavy atom. The maximum absolute atomic E-state index is 11.8. The fourth-order valence-electron chi connectivity index (χ4n) is 1.22. The molecule has 0 atom stereocenters. The quantitative estimate of drug-likeness (QED) is 0.775. The second-order valence-electron chi connectivity index (χ2n) is 3.31. The van der Waals surface area contributed by atoms with Crippen molar-refractivity contribution in [1.82, 2.24) is 9.59 Å². The molecule has 0 fully saturated rings. The van der Waals surface area contributed by atoms with Crippen molar-refractivity contribution in [3.8, 4) is 0 Å². The average molecular weight is 234 g/mol. The van der Waals surface area contributed by atoms with E-state index in [1.165, 1.54) is 6.20 Å². The molecule has 0 saturated heterocycles. The van der Waals surface area contributed by atoms with Gasteiger partial charge in [0.15, 0.2) is 0 Å². The highest BCUT2D eigenvalue weighted by atomic mass is 32.1. The van der Waals surface area contributed by atoms with Crippen LogP contribution in [-0.4, -0.2) is 15.5 Å². The highest BCUT2D eigenvalue weighted by Gasteiger charge is 2.08. The summed E-state index contributed by atoms with van der Waals surface area (Å²) >= 11 is 1.14. The Morgan fingerprint density at radius 1 is 1.50 bits per heavy atom. The Labute approximate surface area is 96.5 Å². The number of nitrogens with two attached hydrogens (primary N) is 1.